The van der Waals surface area contributed by atoms with Crippen LogP contribution in [-0.4, -0.2) is 0 Å². The van der Waals surface area contributed by atoms with Crippen molar-refractivity contribution in [2.45, 2.75) is 33.3 Å². The molecule has 0 saturated heterocycles. The maximum Gasteiger partial charge on any atom is 0.186 e. The predicted molar refractivity (Wildman–Crippen MR) is 135 cm³/mol. The van der Waals surface area contributed by atoms with Crippen LogP contribution in [0.5, 0.6) is 5.75 Å². The fourth-order valence-electron chi connectivity index (χ4n) is 5.18. The summed E-state index contributed by atoms with van der Waals surface area (Å²) in [6.07, 6.45) is 8.35. The minimum atomic E-state index is -0.720. The molecule has 1 spiro atoms. The number of rotatable bonds is 2. The first-order valence-electron chi connectivity index (χ1n) is 11.2. The number of hydrogen-bond donors (Lipinski definition) is 0. The molecule has 5 rings (SSSR count). The molecular formula is C31H28O. The largest absolute Gasteiger partial charge is 0.472 e. The Morgan fingerprint density at radius 3 is 2.09 bits per heavy atom. The molecule has 0 fully saturated rings. The number of benzene rings is 3. The van der Waals surface area contributed by atoms with Crippen LogP contribution in [0, 0.1) is 13.8 Å². The van der Waals surface area contributed by atoms with Gasteiger partial charge in [0.2, 0.25) is 0 Å². The van der Waals surface area contributed by atoms with E-state index in [0.717, 1.165) is 28.0 Å². The third kappa shape index (κ3) is 2.85. The van der Waals surface area contributed by atoms with Crippen LogP contribution in [0.1, 0.15) is 41.7 Å². The van der Waals surface area contributed by atoms with Crippen molar-refractivity contribution in [3.05, 3.63) is 131 Å². The monoisotopic (exact) mass is 416 g/mol. The Bertz CT molecular complexity index is 1300. The van der Waals surface area contributed by atoms with Gasteiger partial charge in [-0.05, 0) is 56.0 Å². The molecule has 0 saturated carbocycles. The minimum Gasteiger partial charge on any atom is -0.472 e. The number of fused-ring (bicyclic) bond motifs is 6. The fraction of sp³-hybridized carbons (Fsp3) is 0.161. The van der Waals surface area contributed by atoms with Crippen molar-refractivity contribution >= 4 is 5.57 Å². The van der Waals surface area contributed by atoms with Gasteiger partial charge in [0.15, 0.2) is 5.60 Å². The van der Waals surface area contributed by atoms with Gasteiger partial charge >= 0.3 is 0 Å². The summed E-state index contributed by atoms with van der Waals surface area (Å²) in [5.74, 6) is 0.881. The Hall–Kier alpha value is -3.58. The Kier molecular flexibility index (Phi) is 4.78. The fourth-order valence-corrected chi connectivity index (χ4v) is 5.18. The molecule has 1 nitrogen and oxygen atoms in total. The van der Waals surface area contributed by atoms with E-state index in [1.165, 1.54) is 33.4 Å². The van der Waals surface area contributed by atoms with Crippen LogP contribution in [0.3, 0.4) is 0 Å². The maximum absolute atomic E-state index is 7.05. The van der Waals surface area contributed by atoms with Gasteiger partial charge in [-0.3, -0.25) is 0 Å². The molecule has 1 heterocycles. The van der Waals surface area contributed by atoms with E-state index < -0.39 is 5.60 Å². The molecule has 0 amide bonds. The SMILES string of the molecule is C=C1/C(=C(C)/C=C\C=C/C)C2(Oc3ccccc31)c1ccc(C)cc1-c1cc(C)ccc12. The first-order chi connectivity index (χ1) is 15.5. The van der Waals surface area contributed by atoms with Crippen molar-refractivity contribution in [2.75, 3.05) is 0 Å². The molecule has 3 aromatic rings. The lowest BCUT2D eigenvalue weighted by Gasteiger charge is -2.41. The summed E-state index contributed by atoms with van der Waals surface area (Å²) >= 11 is 0. The smallest absolute Gasteiger partial charge is 0.186 e. The zero-order valence-electron chi connectivity index (χ0n) is 19.2. The molecular weight excluding hydrogens is 388 g/mol. The second-order valence-corrected chi connectivity index (χ2v) is 8.80. The third-order valence-electron chi connectivity index (χ3n) is 6.57. The van der Waals surface area contributed by atoms with E-state index in [1.54, 1.807) is 0 Å². The van der Waals surface area contributed by atoms with Crippen LogP contribution in [0.25, 0.3) is 16.7 Å². The Morgan fingerprint density at radius 1 is 0.844 bits per heavy atom. The lowest BCUT2D eigenvalue weighted by atomic mass is 9.74. The lowest BCUT2D eigenvalue weighted by molar-refractivity contribution is 0.153. The first-order valence-corrected chi connectivity index (χ1v) is 11.2. The Morgan fingerprint density at radius 2 is 1.47 bits per heavy atom. The van der Waals surface area contributed by atoms with Gasteiger partial charge in [-0.25, -0.2) is 0 Å². The van der Waals surface area contributed by atoms with Crippen LogP contribution in [-0.2, 0) is 5.60 Å². The molecule has 32 heavy (non-hydrogen) atoms. The predicted octanol–water partition coefficient (Wildman–Crippen LogP) is 8.08. The van der Waals surface area contributed by atoms with E-state index in [9.17, 15) is 0 Å². The molecule has 0 aromatic heterocycles. The molecule has 3 aromatic carbocycles. The third-order valence-corrected chi connectivity index (χ3v) is 6.57. The summed E-state index contributed by atoms with van der Waals surface area (Å²) in [5, 5.41) is 0. The van der Waals surface area contributed by atoms with Crippen LogP contribution >= 0.6 is 0 Å². The number of aryl methyl sites for hydroxylation is 2. The van der Waals surface area contributed by atoms with E-state index in [-0.39, 0.29) is 0 Å². The zero-order chi connectivity index (χ0) is 22.5. The van der Waals surface area contributed by atoms with Gasteiger partial charge in [0.25, 0.3) is 0 Å². The van der Waals surface area contributed by atoms with Crippen LogP contribution in [0.4, 0.5) is 0 Å². The summed E-state index contributed by atoms with van der Waals surface area (Å²) in [4.78, 5) is 0. The van der Waals surface area contributed by atoms with Gasteiger partial charge in [0.05, 0.1) is 0 Å². The molecule has 2 aliphatic rings. The van der Waals surface area contributed by atoms with Gasteiger partial charge in [-0.2, -0.15) is 0 Å². The maximum atomic E-state index is 7.05. The molecule has 1 aliphatic heterocycles. The molecule has 0 unspecified atom stereocenters. The molecule has 1 heteroatoms. The first kappa shape index (κ1) is 20.3. The minimum absolute atomic E-state index is 0.720. The zero-order valence-corrected chi connectivity index (χ0v) is 19.2. The molecule has 1 aliphatic carbocycles. The Balaban J connectivity index is 1.91. The van der Waals surface area contributed by atoms with Gasteiger partial charge in [-0.15, -0.1) is 0 Å². The van der Waals surface area contributed by atoms with E-state index in [0.29, 0.717) is 0 Å². The highest BCUT2D eigenvalue weighted by molar-refractivity contribution is 5.93. The van der Waals surface area contributed by atoms with Gasteiger partial charge in [0.1, 0.15) is 5.75 Å². The number of ether oxygens (including phenoxy) is 1. The quantitative estimate of drug-likeness (QED) is 0.384. The van der Waals surface area contributed by atoms with Crippen molar-refractivity contribution in [2.24, 2.45) is 0 Å². The average molecular weight is 417 g/mol. The summed E-state index contributed by atoms with van der Waals surface area (Å²) in [7, 11) is 0. The van der Waals surface area contributed by atoms with E-state index in [4.69, 9.17) is 4.74 Å². The van der Waals surface area contributed by atoms with Crippen molar-refractivity contribution < 1.29 is 4.74 Å². The molecule has 0 bridgehead atoms. The molecule has 0 radical (unpaired) electrons. The standard InChI is InChI=1S/C31H28O/c1-6-7-8-11-22(4)30-23(5)24-12-9-10-13-29(24)32-31(30)27-16-14-20(2)18-25(27)26-19-21(3)15-17-28(26)31/h6-19H,5H2,1-4H3/b7-6-,11-8-,30-22-. The van der Waals surface area contributed by atoms with E-state index in [2.05, 4.69) is 100 Å². The van der Waals surface area contributed by atoms with Crippen molar-refractivity contribution in [3.63, 3.8) is 0 Å². The highest BCUT2D eigenvalue weighted by Crippen LogP contribution is 2.60. The normalized spacial score (nSPS) is 17.4. The van der Waals surface area contributed by atoms with Gasteiger partial charge in [0, 0.05) is 22.3 Å². The van der Waals surface area contributed by atoms with Crippen LogP contribution in [0.2, 0.25) is 0 Å². The van der Waals surface area contributed by atoms with Crippen LogP contribution in [0.15, 0.2) is 103 Å². The van der Waals surface area contributed by atoms with Crippen molar-refractivity contribution in [1.82, 2.24) is 0 Å². The average Bonchev–Trinajstić information content (AvgIpc) is 3.02. The molecule has 0 N–H and O–H groups in total. The van der Waals surface area contributed by atoms with E-state index >= 15 is 0 Å². The second kappa shape index (κ2) is 7.53. The summed E-state index contributed by atoms with van der Waals surface area (Å²) in [6.45, 7) is 13.1. The molecule has 0 atom stereocenters. The topological polar surface area (TPSA) is 9.23 Å². The highest BCUT2D eigenvalue weighted by atomic mass is 16.5. The summed E-state index contributed by atoms with van der Waals surface area (Å²) in [6, 6.07) is 21.7. The second-order valence-electron chi connectivity index (χ2n) is 8.80. The van der Waals surface area contributed by atoms with Crippen molar-refractivity contribution in [3.8, 4) is 16.9 Å². The van der Waals surface area contributed by atoms with E-state index in [1.807, 2.05) is 19.1 Å². The summed E-state index contributed by atoms with van der Waals surface area (Å²) < 4.78 is 7.05. The van der Waals surface area contributed by atoms with Gasteiger partial charge < -0.3 is 4.74 Å². The number of para-hydroxylation sites is 1. The highest BCUT2D eigenvalue weighted by Gasteiger charge is 2.52. The lowest BCUT2D eigenvalue weighted by Crippen LogP contribution is -2.38. The molecule has 158 valence electrons. The Labute approximate surface area is 191 Å². The van der Waals surface area contributed by atoms with Gasteiger partial charge in [-0.1, -0.05) is 96.6 Å². The summed E-state index contributed by atoms with van der Waals surface area (Å²) in [5.41, 5.74) is 11.0. The van der Waals surface area contributed by atoms with Crippen LogP contribution < -0.4 is 4.74 Å². The number of allylic oxidation sites excluding steroid dienone is 5. The number of hydrogen-bond acceptors (Lipinski definition) is 1. The van der Waals surface area contributed by atoms with Crippen molar-refractivity contribution in [1.29, 1.82) is 0 Å².